The van der Waals surface area contributed by atoms with Crippen LogP contribution in [0.1, 0.15) is 38.5 Å². The van der Waals surface area contributed by atoms with Crippen LogP contribution >= 0.6 is 11.6 Å². The standard InChI is InChI=1S/C16H25ClN4/c1-20(16-18-10-14(17)11-19-16)15-6-8-21(9-7-15)12-13-4-2-3-5-13/h10-11,13,15H,2-9,12H2,1H3. The van der Waals surface area contributed by atoms with Gasteiger partial charge in [0.25, 0.3) is 0 Å². The van der Waals surface area contributed by atoms with Gasteiger partial charge in [0.1, 0.15) is 0 Å². The Labute approximate surface area is 132 Å². The third kappa shape index (κ3) is 3.86. The molecule has 0 spiro atoms. The predicted octanol–water partition coefficient (Wildman–Crippen LogP) is 3.22. The summed E-state index contributed by atoms with van der Waals surface area (Å²) in [6.07, 6.45) is 11.5. The van der Waals surface area contributed by atoms with Crippen LogP contribution in [0, 0.1) is 5.92 Å². The van der Waals surface area contributed by atoms with E-state index in [1.54, 1.807) is 12.4 Å². The van der Waals surface area contributed by atoms with Crippen molar-refractivity contribution in [2.75, 3.05) is 31.6 Å². The van der Waals surface area contributed by atoms with E-state index in [0.29, 0.717) is 11.1 Å². The number of aromatic nitrogens is 2. The van der Waals surface area contributed by atoms with Gasteiger partial charge in [-0.2, -0.15) is 0 Å². The molecule has 21 heavy (non-hydrogen) atoms. The summed E-state index contributed by atoms with van der Waals surface area (Å²) in [7, 11) is 2.10. The van der Waals surface area contributed by atoms with Crippen LogP contribution in [0.15, 0.2) is 12.4 Å². The minimum atomic E-state index is 0.547. The largest absolute Gasteiger partial charge is 0.341 e. The summed E-state index contributed by atoms with van der Waals surface area (Å²) in [5, 5.41) is 0.596. The second-order valence-corrected chi connectivity index (χ2v) is 6.93. The summed E-state index contributed by atoms with van der Waals surface area (Å²) in [6, 6.07) is 0.547. The summed E-state index contributed by atoms with van der Waals surface area (Å²) >= 11 is 5.85. The van der Waals surface area contributed by atoms with Crippen molar-refractivity contribution in [2.24, 2.45) is 5.92 Å². The Bertz CT molecular complexity index is 436. The van der Waals surface area contributed by atoms with Crippen LogP contribution in [0.2, 0.25) is 5.02 Å². The molecule has 5 heteroatoms. The number of hydrogen-bond acceptors (Lipinski definition) is 4. The Balaban J connectivity index is 1.49. The molecule has 1 aliphatic carbocycles. The van der Waals surface area contributed by atoms with Crippen molar-refractivity contribution in [1.29, 1.82) is 0 Å². The molecular formula is C16H25ClN4. The van der Waals surface area contributed by atoms with Gasteiger partial charge < -0.3 is 9.80 Å². The number of hydrogen-bond donors (Lipinski definition) is 0. The van der Waals surface area contributed by atoms with E-state index in [1.165, 1.54) is 58.2 Å². The first-order valence-electron chi connectivity index (χ1n) is 8.15. The van der Waals surface area contributed by atoms with Gasteiger partial charge in [-0.25, -0.2) is 9.97 Å². The highest BCUT2D eigenvalue weighted by molar-refractivity contribution is 6.30. The molecule has 0 radical (unpaired) electrons. The molecule has 0 unspecified atom stereocenters. The van der Waals surface area contributed by atoms with Crippen LogP contribution in [-0.4, -0.2) is 47.6 Å². The van der Waals surface area contributed by atoms with Crippen molar-refractivity contribution >= 4 is 17.5 Å². The van der Waals surface area contributed by atoms with Crippen LogP contribution in [0.4, 0.5) is 5.95 Å². The maximum atomic E-state index is 5.85. The number of nitrogens with zero attached hydrogens (tertiary/aromatic N) is 4. The third-order valence-electron chi connectivity index (χ3n) is 5.02. The van der Waals surface area contributed by atoms with Crippen molar-refractivity contribution in [3.8, 4) is 0 Å². The monoisotopic (exact) mass is 308 g/mol. The molecule has 1 aromatic rings. The molecule has 1 saturated heterocycles. The average molecular weight is 309 g/mol. The second-order valence-electron chi connectivity index (χ2n) is 6.49. The van der Waals surface area contributed by atoms with Crippen LogP contribution in [-0.2, 0) is 0 Å². The van der Waals surface area contributed by atoms with Crippen molar-refractivity contribution < 1.29 is 0 Å². The quantitative estimate of drug-likeness (QED) is 0.855. The van der Waals surface area contributed by atoms with Gasteiger partial charge in [0.05, 0.1) is 17.4 Å². The van der Waals surface area contributed by atoms with Crippen LogP contribution in [0.25, 0.3) is 0 Å². The lowest BCUT2D eigenvalue weighted by molar-refractivity contribution is 0.182. The minimum absolute atomic E-state index is 0.547. The summed E-state index contributed by atoms with van der Waals surface area (Å²) < 4.78 is 0. The summed E-state index contributed by atoms with van der Waals surface area (Å²) in [4.78, 5) is 13.5. The molecule has 0 amide bonds. The average Bonchev–Trinajstić information content (AvgIpc) is 3.01. The van der Waals surface area contributed by atoms with Crippen molar-refractivity contribution in [3.63, 3.8) is 0 Å². The maximum Gasteiger partial charge on any atom is 0.225 e. The van der Waals surface area contributed by atoms with Crippen LogP contribution in [0.5, 0.6) is 0 Å². The Morgan fingerprint density at radius 1 is 1.14 bits per heavy atom. The van der Waals surface area contributed by atoms with Gasteiger partial charge in [-0.3, -0.25) is 0 Å². The fourth-order valence-corrected chi connectivity index (χ4v) is 3.80. The van der Waals surface area contributed by atoms with Gasteiger partial charge in [-0.05, 0) is 31.6 Å². The Kier molecular flexibility index (Phi) is 4.96. The number of likely N-dealkylation sites (tertiary alicyclic amines) is 1. The van der Waals surface area contributed by atoms with E-state index < -0.39 is 0 Å². The Morgan fingerprint density at radius 2 is 1.76 bits per heavy atom. The number of piperidine rings is 1. The van der Waals surface area contributed by atoms with E-state index in [0.717, 1.165) is 11.9 Å². The molecule has 2 heterocycles. The molecule has 0 bridgehead atoms. The molecule has 116 valence electrons. The van der Waals surface area contributed by atoms with E-state index in [4.69, 9.17) is 11.6 Å². The molecule has 1 saturated carbocycles. The van der Waals surface area contributed by atoms with Gasteiger partial charge in [0, 0.05) is 32.7 Å². The smallest absolute Gasteiger partial charge is 0.225 e. The number of anilines is 1. The zero-order chi connectivity index (χ0) is 14.7. The molecule has 0 atom stereocenters. The molecule has 0 aromatic carbocycles. The first-order chi connectivity index (χ1) is 10.2. The Hall–Kier alpha value is -0.870. The van der Waals surface area contributed by atoms with E-state index in [9.17, 15) is 0 Å². The van der Waals surface area contributed by atoms with E-state index in [1.807, 2.05) is 0 Å². The Morgan fingerprint density at radius 3 is 2.38 bits per heavy atom. The second kappa shape index (κ2) is 6.93. The van der Waals surface area contributed by atoms with Crippen LogP contribution < -0.4 is 4.90 Å². The van der Waals surface area contributed by atoms with Gasteiger partial charge in [-0.1, -0.05) is 24.4 Å². The molecule has 2 fully saturated rings. The van der Waals surface area contributed by atoms with E-state index in [-0.39, 0.29) is 0 Å². The number of rotatable bonds is 4. The van der Waals surface area contributed by atoms with E-state index in [2.05, 4.69) is 26.8 Å². The fourth-order valence-electron chi connectivity index (χ4n) is 3.70. The molecule has 2 aliphatic rings. The highest BCUT2D eigenvalue weighted by atomic mass is 35.5. The van der Waals surface area contributed by atoms with Crippen molar-refractivity contribution in [2.45, 2.75) is 44.6 Å². The normalized spacial score (nSPS) is 21.8. The molecular weight excluding hydrogens is 284 g/mol. The number of halogens is 1. The molecule has 1 aromatic heterocycles. The maximum absolute atomic E-state index is 5.85. The fraction of sp³-hybridized carbons (Fsp3) is 0.750. The zero-order valence-corrected chi connectivity index (χ0v) is 13.6. The molecule has 3 rings (SSSR count). The van der Waals surface area contributed by atoms with Gasteiger partial charge in [0.2, 0.25) is 5.95 Å². The van der Waals surface area contributed by atoms with E-state index >= 15 is 0 Å². The molecule has 4 nitrogen and oxygen atoms in total. The molecule has 1 aliphatic heterocycles. The lowest BCUT2D eigenvalue weighted by atomic mass is 10.0. The summed E-state index contributed by atoms with van der Waals surface area (Å²) in [5.74, 6) is 1.74. The van der Waals surface area contributed by atoms with Crippen LogP contribution in [0.3, 0.4) is 0 Å². The summed E-state index contributed by atoms with van der Waals surface area (Å²) in [5.41, 5.74) is 0. The first-order valence-corrected chi connectivity index (χ1v) is 8.53. The minimum Gasteiger partial charge on any atom is -0.341 e. The van der Waals surface area contributed by atoms with Crippen molar-refractivity contribution in [1.82, 2.24) is 14.9 Å². The molecule has 0 N–H and O–H groups in total. The van der Waals surface area contributed by atoms with Gasteiger partial charge in [-0.15, -0.1) is 0 Å². The van der Waals surface area contributed by atoms with Gasteiger partial charge in [0.15, 0.2) is 0 Å². The zero-order valence-electron chi connectivity index (χ0n) is 12.8. The lowest BCUT2D eigenvalue weighted by Crippen LogP contribution is -2.45. The lowest BCUT2D eigenvalue weighted by Gasteiger charge is -2.37. The predicted molar refractivity (Wildman–Crippen MR) is 86.9 cm³/mol. The topological polar surface area (TPSA) is 32.3 Å². The SMILES string of the molecule is CN(c1ncc(Cl)cn1)C1CCN(CC2CCCC2)CC1. The first kappa shape index (κ1) is 15.0. The highest BCUT2D eigenvalue weighted by Gasteiger charge is 2.26. The van der Waals surface area contributed by atoms with Gasteiger partial charge >= 0.3 is 0 Å². The highest BCUT2D eigenvalue weighted by Crippen LogP contribution is 2.27. The van der Waals surface area contributed by atoms with Crippen molar-refractivity contribution in [3.05, 3.63) is 17.4 Å². The third-order valence-corrected chi connectivity index (χ3v) is 5.21. The summed E-state index contributed by atoms with van der Waals surface area (Å²) in [6.45, 7) is 3.73.